The zero-order chi connectivity index (χ0) is 17.7. The lowest BCUT2D eigenvalue weighted by Gasteiger charge is -2.09. The topological polar surface area (TPSA) is 115 Å². The summed E-state index contributed by atoms with van der Waals surface area (Å²) < 4.78 is 0. The van der Waals surface area contributed by atoms with Crippen molar-refractivity contribution in [3.8, 4) is 0 Å². The Kier molecular flexibility index (Phi) is 19.2. The number of thioether (sulfide) groups is 2. The lowest BCUT2D eigenvalue weighted by atomic mass is 10.1. The number of carbonyl (C=O) groups excluding carboxylic acids is 2. The highest BCUT2D eigenvalue weighted by atomic mass is 32.2. The smallest absolute Gasteiger partial charge is 0.161 e. The first-order chi connectivity index (χ1) is 10.2. The minimum Gasteiger partial charge on any atom is -0.386 e. The number of Topliss-reactive ketones (excluding diaryl/α,β-unsaturated/α-hetero) is 2. The first kappa shape index (κ1) is 27.2. The largest absolute Gasteiger partial charge is 0.386 e. The van der Waals surface area contributed by atoms with Crippen LogP contribution in [-0.4, -0.2) is 68.9 Å². The molecule has 0 saturated heterocycles. The molecule has 4 atom stereocenters. The number of rotatable bonds is 8. The van der Waals surface area contributed by atoms with Gasteiger partial charge in [0, 0.05) is 0 Å². The molecular weight excluding hydrogens is 340 g/mol. The molecule has 23 heavy (non-hydrogen) atoms. The monoisotopic (exact) mass is 368 g/mol. The molecule has 0 aliphatic carbocycles. The van der Waals surface area contributed by atoms with Crippen molar-refractivity contribution in [1.82, 2.24) is 0 Å². The number of ketones is 2. The fraction of sp³-hybridized carbons (Fsp3) is 0.600. The van der Waals surface area contributed by atoms with Crippen molar-refractivity contribution in [2.45, 2.75) is 45.7 Å². The highest BCUT2D eigenvalue weighted by molar-refractivity contribution is 8.01. The van der Waals surface area contributed by atoms with Crippen LogP contribution in [0.5, 0.6) is 0 Å². The van der Waals surface area contributed by atoms with Gasteiger partial charge in [-0.1, -0.05) is 7.43 Å². The molecule has 6 nitrogen and oxygen atoms in total. The molecule has 0 aromatic rings. The summed E-state index contributed by atoms with van der Waals surface area (Å²) in [5.74, 6) is -0.855. The molecule has 0 aliphatic rings. The fourth-order valence-corrected chi connectivity index (χ4v) is 1.65. The highest BCUT2D eigenvalue weighted by Crippen LogP contribution is 2.02. The maximum absolute atomic E-state index is 10.5. The van der Waals surface area contributed by atoms with E-state index in [0.717, 1.165) is 0 Å². The molecule has 8 heteroatoms. The van der Waals surface area contributed by atoms with E-state index in [2.05, 4.69) is 0 Å². The number of aliphatic hydroxyl groups is 4. The summed E-state index contributed by atoms with van der Waals surface area (Å²) in [5, 5.41) is 39.3. The Balaban J connectivity index is -0.000000333. The summed E-state index contributed by atoms with van der Waals surface area (Å²) in [6, 6.07) is 0. The maximum atomic E-state index is 10.5. The van der Waals surface area contributed by atoms with Crippen LogP contribution in [0.4, 0.5) is 0 Å². The third kappa shape index (κ3) is 14.7. The lowest BCUT2D eigenvalue weighted by molar-refractivity contribution is -0.129. The first-order valence-corrected chi connectivity index (χ1v) is 8.88. The minimum absolute atomic E-state index is 0. The average Bonchev–Trinajstić information content (AvgIpc) is 2.48. The van der Waals surface area contributed by atoms with E-state index < -0.39 is 36.0 Å². The van der Waals surface area contributed by atoms with E-state index in [0.29, 0.717) is 0 Å². The molecule has 2 unspecified atom stereocenters. The quantitative estimate of drug-likeness (QED) is 0.501. The first-order valence-electron chi connectivity index (χ1n) is 6.31. The fourth-order valence-electron chi connectivity index (χ4n) is 1.01. The van der Waals surface area contributed by atoms with E-state index in [1.54, 1.807) is 10.8 Å². The molecule has 0 spiro atoms. The van der Waals surface area contributed by atoms with E-state index in [9.17, 15) is 9.59 Å². The molecule has 0 amide bonds. The van der Waals surface area contributed by atoms with Crippen LogP contribution in [0.15, 0.2) is 23.0 Å². The van der Waals surface area contributed by atoms with Gasteiger partial charge in [-0.05, 0) is 49.3 Å². The van der Waals surface area contributed by atoms with Crippen LogP contribution < -0.4 is 0 Å². The van der Waals surface area contributed by atoms with Crippen molar-refractivity contribution in [3.05, 3.63) is 23.0 Å². The molecule has 0 aromatic carbocycles. The van der Waals surface area contributed by atoms with Gasteiger partial charge in [0.05, 0.1) is 0 Å². The van der Waals surface area contributed by atoms with Crippen LogP contribution in [0.3, 0.4) is 0 Å². The Labute approximate surface area is 146 Å². The van der Waals surface area contributed by atoms with Crippen molar-refractivity contribution in [1.29, 1.82) is 0 Å². The van der Waals surface area contributed by atoms with Crippen LogP contribution in [-0.2, 0) is 9.59 Å². The van der Waals surface area contributed by atoms with Gasteiger partial charge >= 0.3 is 0 Å². The van der Waals surface area contributed by atoms with Crippen LogP contribution in [0, 0.1) is 0 Å². The van der Waals surface area contributed by atoms with Crippen LogP contribution in [0.1, 0.15) is 21.3 Å². The van der Waals surface area contributed by atoms with Gasteiger partial charge in [-0.25, -0.2) is 0 Å². The number of carbonyl (C=O) groups is 2. The minimum atomic E-state index is -1.29. The van der Waals surface area contributed by atoms with Crippen LogP contribution in [0.2, 0.25) is 0 Å². The Morgan fingerprint density at radius 1 is 0.783 bits per heavy atom. The van der Waals surface area contributed by atoms with Gasteiger partial charge in [0.25, 0.3) is 0 Å². The maximum Gasteiger partial charge on any atom is 0.161 e. The zero-order valence-electron chi connectivity index (χ0n) is 13.0. The van der Waals surface area contributed by atoms with E-state index >= 15 is 0 Å². The van der Waals surface area contributed by atoms with E-state index in [1.807, 2.05) is 12.5 Å². The SMILES string of the molecule is C.CS/C=C/C(O)C(O)C(C)=O.CS/C=C/[C@@H](O)[C@@H](O)C(C)=O. The zero-order valence-corrected chi connectivity index (χ0v) is 14.7. The van der Waals surface area contributed by atoms with Gasteiger partial charge in [-0.2, -0.15) is 0 Å². The average molecular weight is 369 g/mol. The van der Waals surface area contributed by atoms with Gasteiger partial charge in [-0.3, -0.25) is 9.59 Å². The number of hydrogen-bond donors (Lipinski definition) is 4. The molecule has 0 aliphatic heterocycles. The normalized spacial score (nSPS) is 16.0. The van der Waals surface area contributed by atoms with Crippen molar-refractivity contribution in [2.75, 3.05) is 12.5 Å². The van der Waals surface area contributed by atoms with E-state index in [4.69, 9.17) is 20.4 Å². The van der Waals surface area contributed by atoms with Crippen molar-refractivity contribution < 1.29 is 30.0 Å². The highest BCUT2D eigenvalue weighted by Gasteiger charge is 2.17. The predicted molar refractivity (Wildman–Crippen MR) is 97.4 cm³/mol. The standard InChI is InChI=1S/2C7H12O3S.CH4/c2*1-5(8)7(10)6(9)3-4-11-2;/h2*3-4,6-7,9-10H,1-2H3;1H4/b2*4-3+;/t6-,7+;;/m1../s1. The van der Waals surface area contributed by atoms with Crippen molar-refractivity contribution in [2.24, 2.45) is 0 Å². The molecule has 0 fully saturated rings. The summed E-state index contributed by atoms with van der Waals surface area (Å²) in [6.07, 6.45) is 1.66. The summed E-state index contributed by atoms with van der Waals surface area (Å²) in [6.45, 7) is 2.47. The van der Waals surface area contributed by atoms with Crippen molar-refractivity contribution in [3.63, 3.8) is 0 Å². The van der Waals surface area contributed by atoms with Crippen LogP contribution in [0.25, 0.3) is 0 Å². The third-order valence-electron chi connectivity index (χ3n) is 2.30. The van der Waals surface area contributed by atoms with Crippen LogP contribution >= 0.6 is 23.5 Å². The van der Waals surface area contributed by atoms with E-state index in [1.165, 1.54) is 49.5 Å². The van der Waals surface area contributed by atoms with Crippen molar-refractivity contribution >= 4 is 35.1 Å². The molecule has 4 N–H and O–H groups in total. The van der Waals surface area contributed by atoms with Gasteiger partial charge < -0.3 is 20.4 Å². The molecule has 136 valence electrons. The summed E-state index contributed by atoms with van der Waals surface area (Å²) >= 11 is 2.79. The second-order valence-corrected chi connectivity index (χ2v) is 5.71. The third-order valence-corrected chi connectivity index (χ3v) is 3.16. The van der Waals surface area contributed by atoms with Gasteiger partial charge in [0.15, 0.2) is 11.6 Å². The van der Waals surface area contributed by atoms with E-state index in [-0.39, 0.29) is 7.43 Å². The molecule has 0 saturated carbocycles. The Bertz CT molecular complexity index is 348. The molecular formula is C15H28O6S2. The Morgan fingerprint density at radius 3 is 1.22 bits per heavy atom. The second-order valence-electron chi connectivity index (χ2n) is 4.22. The predicted octanol–water partition coefficient (Wildman–Crippen LogP) is 0.984. The molecule has 0 aromatic heterocycles. The number of aliphatic hydroxyl groups excluding tert-OH is 4. The summed E-state index contributed by atoms with van der Waals surface area (Å²) in [4.78, 5) is 21.0. The Hall–Kier alpha value is -0.640. The second kappa shape index (κ2) is 16.2. The molecule has 0 rings (SSSR count). The molecule has 0 heterocycles. The summed E-state index contributed by atoms with van der Waals surface area (Å²) in [7, 11) is 0. The molecule has 0 radical (unpaired) electrons. The lowest BCUT2D eigenvalue weighted by Crippen LogP contribution is -2.30. The van der Waals surface area contributed by atoms with Gasteiger partial charge in [0.2, 0.25) is 0 Å². The number of hydrogen-bond acceptors (Lipinski definition) is 8. The Morgan fingerprint density at radius 2 is 1.04 bits per heavy atom. The molecule has 0 bridgehead atoms. The summed E-state index contributed by atoms with van der Waals surface area (Å²) in [5.41, 5.74) is 0. The van der Waals surface area contributed by atoms with Gasteiger partial charge in [-0.15, -0.1) is 23.5 Å². The van der Waals surface area contributed by atoms with Gasteiger partial charge in [0.1, 0.15) is 24.4 Å².